The third-order valence-electron chi connectivity index (χ3n) is 3.72. The number of hydrogen-bond acceptors (Lipinski definition) is 2. The highest BCUT2D eigenvalue weighted by molar-refractivity contribution is 6.27. The molecule has 3 nitrogen and oxygen atoms in total. The molecule has 1 heterocycles. The zero-order chi connectivity index (χ0) is 15.5. The molecule has 2 aromatic rings. The average Bonchev–Trinajstić information content (AvgIpc) is 2.74. The standard InChI is InChI=1S/C17H15ClFNO2/c18-11-16(21)20-8-9-22-15-7-6-13(19)10-14(15)17(20)12-4-2-1-3-5-12/h1-7,10,17H,8-9,11H2. The van der Waals surface area contributed by atoms with Gasteiger partial charge in [0.05, 0.1) is 12.6 Å². The number of hydrogen-bond donors (Lipinski definition) is 0. The van der Waals surface area contributed by atoms with Gasteiger partial charge < -0.3 is 9.64 Å². The van der Waals surface area contributed by atoms with Crippen molar-refractivity contribution < 1.29 is 13.9 Å². The molecule has 0 spiro atoms. The Hall–Kier alpha value is -2.07. The third kappa shape index (κ3) is 2.79. The van der Waals surface area contributed by atoms with E-state index in [4.69, 9.17) is 16.3 Å². The number of halogens is 2. The molecule has 1 aliphatic heterocycles. The van der Waals surface area contributed by atoms with Crippen molar-refractivity contribution in [1.82, 2.24) is 4.90 Å². The summed E-state index contributed by atoms with van der Waals surface area (Å²) in [6.45, 7) is 0.756. The van der Waals surface area contributed by atoms with Crippen LogP contribution in [0.1, 0.15) is 17.2 Å². The highest BCUT2D eigenvalue weighted by Gasteiger charge is 2.31. The molecule has 0 aliphatic carbocycles. The molecular weight excluding hydrogens is 305 g/mol. The summed E-state index contributed by atoms with van der Waals surface area (Å²) in [4.78, 5) is 13.9. The average molecular weight is 320 g/mol. The molecule has 1 aliphatic rings. The third-order valence-corrected chi connectivity index (χ3v) is 3.95. The highest BCUT2D eigenvalue weighted by Crippen LogP contribution is 2.37. The first-order chi connectivity index (χ1) is 10.7. The van der Waals surface area contributed by atoms with E-state index < -0.39 is 6.04 Å². The highest BCUT2D eigenvalue weighted by atomic mass is 35.5. The predicted octanol–water partition coefficient (Wildman–Crippen LogP) is 3.37. The first-order valence-corrected chi connectivity index (χ1v) is 7.57. The topological polar surface area (TPSA) is 29.5 Å². The van der Waals surface area contributed by atoms with Crippen LogP contribution in [0.3, 0.4) is 0 Å². The van der Waals surface area contributed by atoms with Crippen LogP contribution in [-0.4, -0.2) is 29.8 Å². The number of carbonyl (C=O) groups is 1. The Kier molecular flexibility index (Phi) is 4.29. The Morgan fingerprint density at radius 1 is 1.27 bits per heavy atom. The lowest BCUT2D eigenvalue weighted by atomic mass is 9.96. The monoisotopic (exact) mass is 319 g/mol. The van der Waals surface area contributed by atoms with Gasteiger partial charge in [0.25, 0.3) is 0 Å². The van der Waals surface area contributed by atoms with Gasteiger partial charge in [-0.2, -0.15) is 0 Å². The minimum atomic E-state index is -0.402. The van der Waals surface area contributed by atoms with E-state index in [1.807, 2.05) is 30.3 Å². The molecule has 0 fully saturated rings. The van der Waals surface area contributed by atoms with Crippen LogP contribution in [0.25, 0.3) is 0 Å². The molecule has 5 heteroatoms. The molecule has 0 saturated heterocycles. The number of carbonyl (C=O) groups excluding carboxylic acids is 1. The van der Waals surface area contributed by atoms with Crippen LogP contribution in [0, 0.1) is 5.82 Å². The predicted molar refractivity (Wildman–Crippen MR) is 82.6 cm³/mol. The van der Waals surface area contributed by atoms with Gasteiger partial charge in [-0.25, -0.2) is 4.39 Å². The van der Waals surface area contributed by atoms with Gasteiger partial charge >= 0.3 is 0 Å². The summed E-state index contributed by atoms with van der Waals surface area (Å²) in [5, 5.41) is 0. The summed E-state index contributed by atoms with van der Waals surface area (Å²) < 4.78 is 19.4. The molecule has 1 atom stereocenters. The Bertz CT molecular complexity index is 678. The number of ether oxygens (including phenoxy) is 1. The minimum absolute atomic E-state index is 0.117. The molecule has 0 radical (unpaired) electrons. The van der Waals surface area contributed by atoms with E-state index in [0.717, 1.165) is 5.56 Å². The quantitative estimate of drug-likeness (QED) is 0.794. The molecule has 114 valence electrons. The van der Waals surface area contributed by atoms with E-state index in [2.05, 4.69) is 0 Å². The second kappa shape index (κ2) is 6.36. The van der Waals surface area contributed by atoms with Gasteiger partial charge in [-0.05, 0) is 23.8 Å². The maximum Gasteiger partial charge on any atom is 0.238 e. The van der Waals surface area contributed by atoms with Crippen LogP contribution in [0.2, 0.25) is 0 Å². The summed E-state index contributed by atoms with van der Waals surface area (Å²) >= 11 is 5.74. The van der Waals surface area contributed by atoms with Crippen molar-refractivity contribution in [3.8, 4) is 5.75 Å². The summed E-state index contributed by atoms with van der Waals surface area (Å²) in [6, 6.07) is 13.5. The largest absolute Gasteiger partial charge is 0.491 e. The molecule has 22 heavy (non-hydrogen) atoms. The van der Waals surface area contributed by atoms with Crippen molar-refractivity contribution in [2.24, 2.45) is 0 Å². The smallest absolute Gasteiger partial charge is 0.238 e. The summed E-state index contributed by atoms with van der Waals surface area (Å²) in [6.07, 6.45) is 0. The Morgan fingerprint density at radius 2 is 2.05 bits per heavy atom. The summed E-state index contributed by atoms with van der Waals surface area (Å²) in [7, 11) is 0. The molecule has 1 amide bonds. The van der Waals surface area contributed by atoms with Crippen molar-refractivity contribution in [2.45, 2.75) is 6.04 Å². The number of rotatable bonds is 2. The fourth-order valence-electron chi connectivity index (χ4n) is 2.76. The van der Waals surface area contributed by atoms with Crippen molar-refractivity contribution in [1.29, 1.82) is 0 Å². The normalized spacial score (nSPS) is 17.4. The SMILES string of the molecule is O=C(CCl)N1CCOc2ccc(F)cc2C1c1ccccc1. The molecule has 0 saturated carbocycles. The number of fused-ring (bicyclic) bond motifs is 1. The molecule has 3 rings (SSSR count). The van der Waals surface area contributed by atoms with Crippen LogP contribution in [0.4, 0.5) is 4.39 Å². The van der Waals surface area contributed by atoms with Gasteiger partial charge in [0, 0.05) is 5.56 Å². The summed E-state index contributed by atoms with van der Waals surface area (Å²) in [5.74, 6) is -0.0756. The first-order valence-electron chi connectivity index (χ1n) is 7.03. The van der Waals surface area contributed by atoms with Crippen LogP contribution >= 0.6 is 11.6 Å². The number of alkyl halides is 1. The Labute approximate surface area is 133 Å². The van der Waals surface area contributed by atoms with Crippen LogP contribution in [-0.2, 0) is 4.79 Å². The van der Waals surface area contributed by atoms with Crippen LogP contribution in [0.15, 0.2) is 48.5 Å². The van der Waals surface area contributed by atoms with Crippen molar-refractivity contribution in [2.75, 3.05) is 19.0 Å². The zero-order valence-corrected chi connectivity index (χ0v) is 12.6. The van der Waals surface area contributed by atoms with E-state index in [-0.39, 0.29) is 17.6 Å². The lowest BCUT2D eigenvalue weighted by Crippen LogP contribution is -2.37. The molecule has 0 aromatic heterocycles. The maximum absolute atomic E-state index is 13.7. The molecule has 0 bridgehead atoms. The van der Waals surface area contributed by atoms with Gasteiger partial charge in [-0.1, -0.05) is 30.3 Å². The van der Waals surface area contributed by atoms with E-state index in [0.29, 0.717) is 24.5 Å². The van der Waals surface area contributed by atoms with Crippen molar-refractivity contribution >= 4 is 17.5 Å². The summed E-state index contributed by atoms with van der Waals surface area (Å²) in [5.41, 5.74) is 1.54. The van der Waals surface area contributed by atoms with Gasteiger partial charge in [-0.3, -0.25) is 4.79 Å². The number of amides is 1. The first kappa shape index (κ1) is 14.9. The van der Waals surface area contributed by atoms with Crippen molar-refractivity contribution in [3.05, 3.63) is 65.5 Å². The van der Waals surface area contributed by atoms with E-state index in [1.54, 1.807) is 11.0 Å². The van der Waals surface area contributed by atoms with Crippen LogP contribution in [0.5, 0.6) is 5.75 Å². The van der Waals surface area contributed by atoms with E-state index in [9.17, 15) is 9.18 Å². The Morgan fingerprint density at radius 3 is 2.77 bits per heavy atom. The lowest BCUT2D eigenvalue weighted by Gasteiger charge is -2.30. The van der Waals surface area contributed by atoms with Gasteiger partial charge in [0.2, 0.25) is 5.91 Å². The molecule has 1 unspecified atom stereocenters. The lowest BCUT2D eigenvalue weighted by molar-refractivity contribution is -0.130. The fourth-order valence-corrected chi connectivity index (χ4v) is 2.91. The zero-order valence-electron chi connectivity index (χ0n) is 11.8. The van der Waals surface area contributed by atoms with Crippen molar-refractivity contribution in [3.63, 3.8) is 0 Å². The minimum Gasteiger partial charge on any atom is -0.491 e. The fraction of sp³-hybridized carbons (Fsp3) is 0.235. The van der Waals surface area contributed by atoms with Crippen LogP contribution < -0.4 is 4.74 Å². The number of benzene rings is 2. The molecule has 2 aromatic carbocycles. The second-order valence-electron chi connectivity index (χ2n) is 5.06. The van der Waals surface area contributed by atoms with E-state index >= 15 is 0 Å². The maximum atomic E-state index is 13.7. The van der Waals surface area contributed by atoms with E-state index in [1.165, 1.54) is 12.1 Å². The molecular formula is C17H15ClFNO2. The molecule has 0 N–H and O–H groups in total. The number of nitrogens with zero attached hydrogens (tertiary/aromatic N) is 1. The van der Waals surface area contributed by atoms with Gasteiger partial charge in [-0.15, -0.1) is 11.6 Å². The van der Waals surface area contributed by atoms with Gasteiger partial charge in [0.1, 0.15) is 24.1 Å². The van der Waals surface area contributed by atoms with Gasteiger partial charge in [0.15, 0.2) is 0 Å². The second-order valence-corrected chi connectivity index (χ2v) is 5.33. The Balaban J connectivity index is 2.16.